The molecule has 3 nitrogen and oxygen atoms in total. The standard InChI is InChI=1S/C15H27N3S/c1-2-18(13-5-6-13)10-9-16-14-17-11-15(12-19-14)7-3-4-8-15/h13H,2-12H2,1H3,(H,16,17). The summed E-state index contributed by atoms with van der Waals surface area (Å²) in [6.45, 7) is 6.77. The zero-order valence-electron chi connectivity index (χ0n) is 12.2. The van der Waals surface area contributed by atoms with Crippen molar-refractivity contribution in [3.63, 3.8) is 0 Å². The van der Waals surface area contributed by atoms with Gasteiger partial charge >= 0.3 is 0 Å². The van der Waals surface area contributed by atoms with E-state index in [1.807, 2.05) is 11.8 Å². The molecule has 2 fully saturated rings. The van der Waals surface area contributed by atoms with Gasteiger partial charge in [-0.1, -0.05) is 31.5 Å². The monoisotopic (exact) mass is 281 g/mol. The van der Waals surface area contributed by atoms with Crippen molar-refractivity contribution in [3.8, 4) is 0 Å². The third-order valence-corrected chi connectivity index (χ3v) is 6.19. The number of nitrogens with zero attached hydrogens (tertiary/aromatic N) is 2. The number of nitrogens with one attached hydrogen (secondary N) is 1. The Morgan fingerprint density at radius 2 is 2.16 bits per heavy atom. The predicted octanol–water partition coefficient (Wildman–Crippen LogP) is 2.72. The van der Waals surface area contributed by atoms with Crippen molar-refractivity contribution in [1.29, 1.82) is 0 Å². The molecule has 19 heavy (non-hydrogen) atoms. The highest BCUT2D eigenvalue weighted by atomic mass is 32.2. The summed E-state index contributed by atoms with van der Waals surface area (Å²) in [6, 6.07) is 0.884. The average molecular weight is 281 g/mol. The molecule has 108 valence electrons. The van der Waals surface area contributed by atoms with Crippen LogP contribution >= 0.6 is 11.8 Å². The van der Waals surface area contributed by atoms with Crippen LogP contribution in [0, 0.1) is 5.41 Å². The minimum atomic E-state index is 0.569. The van der Waals surface area contributed by atoms with Crippen molar-refractivity contribution >= 4 is 16.9 Å². The van der Waals surface area contributed by atoms with E-state index >= 15 is 0 Å². The molecule has 1 heterocycles. The molecule has 0 aromatic rings. The van der Waals surface area contributed by atoms with E-state index in [1.165, 1.54) is 62.5 Å². The Morgan fingerprint density at radius 1 is 1.37 bits per heavy atom. The molecular weight excluding hydrogens is 254 g/mol. The van der Waals surface area contributed by atoms with Gasteiger partial charge in [-0.15, -0.1) is 0 Å². The normalized spacial score (nSPS) is 25.9. The van der Waals surface area contributed by atoms with Gasteiger partial charge in [-0.25, -0.2) is 0 Å². The zero-order valence-corrected chi connectivity index (χ0v) is 13.0. The first-order valence-electron chi connectivity index (χ1n) is 7.96. The fourth-order valence-corrected chi connectivity index (χ4v) is 4.61. The molecule has 2 saturated carbocycles. The molecular formula is C15H27N3S. The molecule has 2 aliphatic carbocycles. The summed E-state index contributed by atoms with van der Waals surface area (Å²) in [5.74, 6) is 1.29. The van der Waals surface area contributed by atoms with Crippen molar-refractivity contribution in [3.05, 3.63) is 0 Å². The number of hydrogen-bond donors (Lipinski definition) is 1. The van der Waals surface area contributed by atoms with E-state index in [1.54, 1.807) is 0 Å². The van der Waals surface area contributed by atoms with Gasteiger partial charge in [-0.3, -0.25) is 9.89 Å². The summed E-state index contributed by atoms with van der Waals surface area (Å²) < 4.78 is 0. The fraction of sp³-hybridized carbons (Fsp3) is 0.933. The van der Waals surface area contributed by atoms with Crippen molar-refractivity contribution in [2.45, 2.75) is 51.5 Å². The minimum Gasteiger partial charge on any atom is -0.364 e. The number of rotatable bonds is 5. The molecule has 0 radical (unpaired) electrons. The minimum absolute atomic E-state index is 0.569. The van der Waals surface area contributed by atoms with Gasteiger partial charge in [-0.2, -0.15) is 0 Å². The molecule has 3 rings (SSSR count). The molecule has 0 aromatic carbocycles. The molecule has 3 aliphatic rings. The van der Waals surface area contributed by atoms with Crippen LogP contribution < -0.4 is 5.32 Å². The SMILES string of the molecule is CCN(CCNC1=NCC2(CCCC2)CS1)C1CC1. The van der Waals surface area contributed by atoms with Crippen LogP contribution in [-0.4, -0.2) is 48.0 Å². The van der Waals surface area contributed by atoms with E-state index in [2.05, 4.69) is 17.1 Å². The largest absolute Gasteiger partial charge is 0.364 e. The predicted molar refractivity (Wildman–Crippen MR) is 83.9 cm³/mol. The van der Waals surface area contributed by atoms with Gasteiger partial charge in [0.2, 0.25) is 0 Å². The van der Waals surface area contributed by atoms with Gasteiger partial charge in [0.1, 0.15) is 0 Å². The van der Waals surface area contributed by atoms with Crippen molar-refractivity contribution in [1.82, 2.24) is 10.2 Å². The molecule has 1 N–H and O–H groups in total. The van der Waals surface area contributed by atoms with Crippen LogP contribution in [0.5, 0.6) is 0 Å². The second-order valence-electron chi connectivity index (χ2n) is 6.40. The van der Waals surface area contributed by atoms with Crippen LogP contribution in [0.3, 0.4) is 0 Å². The molecule has 0 saturated heterocycles. The number of hydrogen-bond acceptors (Lipinski definition) is 4. The highest BCUT2D eigenvalue weighted by molar-refractivity contribution is 8.13. The van der Waals surface area contributed by atoms with Gasteiger partial charge in [0.15, 0.2) is 5.17 Å². The van der Waals surface area contributed by atoms with Crippen molar-refractivity contribution in [2.24, 2.45) is 10.4 Å². The smallest absolute Gasteiger partial charge is 0.156 e. The van der Waals surface area contributed by atoms with Gasteiger partial charge in [0.25, 0.3) is 0 Å². The molecule has 0 atom stereocenters. The summed E-state index contributed by atoms with van der Waals surface area (Å²) in [4.78, 5) is 7.39. The Kier molecular flexibility index (Phi) is 4.37. The van der Waals surface area contributed by atoms with Crippen molar-refractivity contribution in [2.75, 3.05) is 31.9 Å². The third-order valence-electron chi connectivity index (χ3n) is 4.88. The topological polar surface area (TPSA) is 27.6 Å². The Hall–Kier alpha value is -0.220. The van der Waals surface area contributed by atoms with E-state index in [0.29, 0.717) is 5.41 Å². The summed E-state index contributed by atoms with van der Waals surface area (Å²) in [5.41, 5.74) is 0.569. The first kappa shape index (κ1) is 13.7. The molecule has 0 amide bonds. The number of amidine groups is 1. The van der Waals surface area contributed by atoms with E-state index in [4.69, 9.17) is 4.99 Å². The first-order valence-corrected chi connectivity index (χ1v) is 8.95. The molecule has 0 unspecified atom stereocenters. The maximum Gasteiger partial charge on any atom is 0.156 e. The van der Waals surface area contributed by atoms with Crippen LogP contribution in [0.25, 0.3) is 0 Å². The lowest BCUT2D eigenvalue weighted by Gasteiger charge is -2.31. The van der Waals surface area contributed by atoms with Crippen LogP contribution in [0.1, 0.15) is 45.4 Å². The maximum absolute atomic E-state index is 4.80. The zero-order chi connectivity index (χ0) is 13.1. The van der Waals surface area contributed by atoms with Crippen molar-refractivity contribution < 1.29 is 0 Å². The lowest BCUT2D eigenvalue weighted by molar-refractivity contribution is 0.282. The van der Waals surface area contributed by atoms with E-state index in [9.17, 15) is 0 Å². The summed E-state index contributed by atoms with van der Waals surface area (Å²) in [6.07, 6.45) is 8.47. The highest BCUT2D eigenvalue weighted by Crippen LogP contribution is 2.43. The van der Waals surface area contributed by atoms with E-state index in [0.717, 1.165) is 19.1 Å². The summed E-state index contributed by atoms with van der Waals surface area (Å²) in [5, 5.41) is 4.75. The van der Waals surface area contributed by atoms with Gasteiger partial charge < -0.3 is 5.32 Å². The Bertz CT molecular complexity index is 332. The highest BCUT2D eigenvalue weighted by Gasteiger charge is 2.36. The lowest BCUT2D eigenvalue weighted by Crippen LogP contribution is -2.38. The van der Waals surface area contributed by atoms with E-state index in [-0.39, 0.29) is 0 Å². The van der Waals surface area contributed by atoms with Crippen LogP contribution in [0.15, 0.2) is 4.99 Å². The molecule has 4 heteroatoms. The number of thioether (sulfide) groups is 1. The molecule has 0 bridgehead atoms. The molecule has 0 aromatic heterocycles. The second-order valence-corrected chi connectivity index (χ2v) is 7.37. The van der Waals surface area contributed by atoms with Gasteiger partial charge in [-0.05, 0) is 37.6 Å². The molecule has 1 spiro atoms. The van der Waals surface area contributed by atoms with E-state index < -0.39 is 0 Å². The quantitative estimate of drug-likeness (QED) is 0.839. The number of aliphatic imine (C=N–C) groups is 1. The fourth-order valence-electron chi connectivity index (χ4n) is 3.43. The second kappa shape index (κ2) is 6.04. The maximum atomic E-state index is 4.80. The summed E-state index contributed by atoms with van der Waals surface area (Å²) in [7, 11) is 0. The van der Waals surface area contributed by atoms with Crippen LogP contribution in [0.2, 0.25) is 0 Å². The Balaban J connectivity index is 1.40. The summed E-state index contributed by atoms with van der Waals surface area (Å²) >= 11 is 1.96. The van der Waals surface area contributed by atoms with Gasteiger partial charge in [0, 0.05) is 31.4 Å². The third kappa shape index (κ3) is 3.46. The van der Waals surface area contributed by atoms with Crippen LogP contribution in [0.4, 0.5) is 0 Å². The Morgan fingerprint density at radius 3 is 2.74 bits per heavy atom. The lowest BCUT2D eigenvalue weighted by atomic mass is 9.89. The molecule has 1 aliphatic heterocycles. The number of likely N-dealkylation sites (N-methyl/N-ethyl adjacent to an activating group) is 1. The van der Waals surface area contributed by atoms with Gasteiger partial charge in [0.05, 0.1) is 0 Å². The van der Waals surface area contributed by atoms with Crippen LogP contribution in [-0.2, 0) is 0 Å². The Labute approximate surface area is 121 Å². The first-order chi connectivity index (χ1) is 9.31. The average Bonchev–Trinajstić information content (AvgIpc) is 3.18.